The number of hydrogen-bond donors (Lipinski definition) is 1. The summed E-state index contributed by atoms with van der Waals surface area (Å²) in [4.78, 5) is 7.01. The maximum absolute atomic E-state index is 4.57. The third-order valence-electron chi connectivity index (χ3n) is 4.31. The SMILES string of the molecule is Cc1ccc2cc(CN(C)CC3CCCNC3)ccc2n1. The predicted molar refractivity (Wildman–Crippen MR) is 88.4 cm³/mol. The molecule has 1 atom stereocenters. The Balaban J connectivity index is 1.65. The summed E-state index contributed by atoms with van der Waals surface area (Å²) in [5.74, 6) is 0.800. The molecule has 0 amide bonds. The smallest absolute Gasteiger partial charge is 0.0705 e. The minimum Gasteiger partial charge on any atom is -0.316 e. The van der Waals surface area contributed by atoms with Gasteiger partial charge in [-0.1, -0.05) is 12.1 Å². The molecule has 0 spiro atoms. The Morgan fingerprint density at radius 2 is 2.19 bits per heavy atom. The monoisotopic (exact) mass is 283 g/mol. The summed E-state index contributed by atoms with van der Waals surface area (Å²) in [5, 5.41) is 4.74. The van der Waals surface area contributed by atoms with Crippen LogP contribution >= 0.6 is 0 Å². The molecule has 112 valence electrons. The second-order valence-corrected chi connectivity index (χ2v) is 6.39. The second kappa shape index (κ2) is 6.54. The molecule has 1 aromatic heterocycles. The van der Waals surface area contributed by atoms with Crippen molar-refractivity contribution in [3.63, 3.8) is 0 Å². The average molecular weight is 283 g/mol. The fraction of sp³-hybridized carbons (Fsp3) is 0.500. The van der Waals surface area contributed by atoms with Crippen LogP contribution in [0.5, 0.6) is 0 Å². The molecule has 0 aliphatic carbocycles. The number of piperidine rings is 1. The van der Waals surface area contributed by atoms with Gasteiger partial charge in [-0.2, -0.15) is 0 Å². The molecular weight excluding hydrogens is 258 g/mol. The van der Waals surface area contributed by atoms with Crippen molar-refractivity contribution in [2.45, 2.75) is 26.3 Å². The Hall–Kier alpha value is -1.45. The molecular formula is C18H25N3. The molecule has 1 N–H and O–H groups in total. The van der Waals surface area contributed by atoms with E-state index < -0.39 is 0 Å². The zero-order valence-electron chi connectivity index (χ0n) is 13.1. The number of aromatic nitrogens is 1. The largest absolute Gasteiger partial charge is 0.316 e. The molecule has 1 aromatic carbocycles. The Morgan fingerprint density at radius 1 is 1.29 bits per heavy atom. The zero-order chi connectivity index (χ0) is 14.7. The first kappa shape index (κ1) is 14.5. The highest BCUT2D eigenvalue weighted by atomic mass is 15.1. The number of rotatable bonds is 4. The van der Waals surface area contributed by atoms with Gasteiger partial charge in [-0.3, -0.25) is 4.98 Å². The van der Waals surface area contributed by atoms with E-state index in [1.165, 1.54) is 43.4 Å². The molecule has 1 saturated heterocycles. The molecule has 21 heavy (non-hydrogen) atoms. The van der Waals surface area contributed by atoms with Gasteiger partial charge in [0.25, 0.3) is 0 Å². The number of hydrogen-bond acceptors (Lipinski definition) is 3. The van der Waals surface area contributed by atoms with Gasteiger partial charge in [0.1, 0.15) is 0 Å². The summed E-state index contributed by atoms with van der Waals surface area (Å²) in [5.41, 5.74) is 3.55. The van der Waals surface area contributed by atoms with Crippen LogP contribution in [0.2, 0.25) is 0 Å². The normalized spacial score (nSPS) is 19.3. The molecule has 1 unspecified atom stereocenters. The number of aryl methyl sites for hydroxylation is 1. The third-order valence-corrected chi connectivity index (χ3v) is 4.31. The van der Waals surface area contributed by atoms with Crippen molar-refractivity contribution in [3.05, 3.63) is 41.6 Å². The van der Waals surface area contributed by atoms with Crippen LogP contribution in [0.25, 0.3) is 10.9 Å². The van der Waals surface area contributed by atoms with Gasteiger partial charge in [0, 0.05) is 24.2 Å². The van der Waals surface area contributed by atoms with E-state index in [2.05, 4.69) is 52.6 Å². The standard InChI is InChI=1S/C18H25N3/c1-14-5-7-17-10-15(6-8-18(17)20-14)12-21(2)13-16-4-3-9-19-11-16/h5-8,10,16,19H,3-4,9,11-13H2,1-2H3. The van der Waals surface area contributed by atoms with Crippen molar-refractivity contribution in [2.75, 3.05) is 26.7 Å². The van der Waals surface area contributed by atoms with Crippen molar-refractivity contribution >= 4 is 10.9 Å². The first-order chi connectivity index (χ1) is 10.2. The maximum atomic E-state index is 4.57. The number of nitrogens with one attached hydrogen (secondary N) is 1. The van der Waals surface area contributed by atoms with E-state index in [-0.39, 0.29) is 0 Å². The van der Waals surface area contributed by atoms with Gasteiger partial charge in [0.05, 0.1) is 5.52 Å². The van der Waals surface area contributed by atoms with Crippen LogP contribution in [0.4, 0.5) is 0 Å². The molecule has 3 nitrogen and oxygen atoms in total. The molecule has 0 bridgehead atoms. The predicted octanol–water partition coefficient (Wildman–Crippen LogP) is 2.97. The topological polar surface area (TPSA) is 28.2 Å². The highest BCUT2D eigenvalue weighted by Gasteiger charge is 2.15. The van der Waals surface area contributed by atoms with Gasteiger partial charge < -0.3 is 10.2 Å². The van der Waals surface area contributed by atoms with Gasteiger partial charge in [0.15, 0.2) is 0 Å². The summed E-state index contributed by atoms with van der Waals surface area (Å²) in [6.45, 7) is 6.60. The molecule has 3 heteroatoms. The van der Waals surface area contributed by atoms with E-state index in [9.17, 15) is 0 Å². The second-order valence-electron chi connectivity index (χ2n) is 6.39. The van der Waals surface area contributed by atoms with Crippen LogP contribution in [0.3, 0.4) is 0 Å². The Morgan fingerprint density at radius 3 is 3.00 bits per heavy atom. The van der Waals surface area contributed by atoms with Crippen molar-refractivity contribution in [1.82, 2.24) is 15.2 Å². The zero-order valence-corrected chi connectivity index (χ0v) is 13.1. The lowest BCUT2D eigenvalue weighted by Crippen LogP contribution is -2.36. The Bertz CT molecular complexity index is 602. The third kappa shape index (κ3) is 3.80. The summed E-state index contributed by atoms with van der Waals surface area (Å²) < 4.78 is 0. The molecule has 2 heterocycles. The number of pyridine rings is 1. The summed E-state index contributed by atoms with van der Waals surface area (Å²) in [6.07, 6.45) is 2.68. The highest BCUT2D eigenvalue weighted by Crippen LogP contribution is 2.17. The lowest BCUT2D eigenvalue weighted by atomic mass is 9.99. The number of benzene rings is 1. The number of fused-ring (bicyclic) bond motifs is 1. The van der Waals surface area contributed by atoms with Crippen molar-refractivity contribution < 1.29 is 0 Å². The first-order valence-electron chi connectivity index (χ1n) is 7.96. The minimum absolute atomic E-state index is 0.800. The van der Waals surface area contributed by atoms with E-state index in [1.807, 2.05) is 6.92 Å². The van der Waals surface area contributed by atoms with E-state index >= 15 is 0 Å². The summed E-state index contributed by atoms with van der Waals surface area (Å²) in [6, 6.07) is 10.9. The van der Waals surface area contributed by atoms with Crippen LogP contribution in [-0.2, 0) is 6.54 Å². The van der Waals surface area contributed by atoms with Gasteiger partial charge in [-0.15, -0.1) is 0 Å². The van der Waals surface area contributed by atoms with Gasteiger partial charge in [-0.05, 0) is 69.6 Å². The molecule has 1 aliphatic rings. The van der Waals surface area contributed by atoms with Crippen LogP contribution < -0.4 is 5.32 Å². The van der Waals surface area contributed by atoms with Crippen LogP contribution in [0.15, 0.2) is 30.3 Å². The number of nitrogens with zero attached hydrogens (tertiary/aromatic N) is 2. The molecule has 0 saturated carbocycles. The quantitative estimate of drug-likeness (QED) is 0.935. The fourth-order valence-corrected chi connectivity index (χ4v) is 3.27. The summed E-state index contributed by atoms with van der Waals surface area (Å²) >= 11 is 0. The van der Waals surface area contributed by atoms with E-state index in [0.29, 0.717) is 0 Å². The van der Waals surface area contributed by atoms with E-state index in [0.717, 1.165) is 23.7 Å². The molecule has 3 rings (SSSR count). The summed E-state index contributed by atoms with van der Waals surface area (Å²) in [7, 11) is 2.23. The van der Waals surface area contributed by atoms with Crippen LogP contribution in [0, 0.1) is 12.8 Å². The van der Waals surface area contributed by atoms with Gasteiger partial charge in [-0.25, -0.2) is 0 Å². The lowest BCUT2D eigenvalue weighted by molar-refractivity contribution is 0.237. The fourth-order valence-electron chi connectivity index (χ4n) is 3.27. The van der Waals surface area contributed by atoms with Gasteiger partial charge in [0.2, 0.25) is 0 Å². The molecule has 1 fully saturated rings. The van der Waals surface area contributed by atoms with Crippen LogP contribution in [0.1, 0.15) is 24.1 Å². The lowest BCUT2D eigenvalue weighted by Gasteiger charge is -2.27. The first-order valence-corrected chi connectivity index (χ1v) is 7.96. The molecule has 1 aliphatic heterocycles. The van der Waals surface area contributed by atoms with Gasteiger partial charge >= 0.3 is 0 Å². The van der Waals surface area contributed by atoms with E-state index in [4.69, 9.17) is 0 Å². The average Bonchev–Trinajstić information content (AvgIpc) is 2.48. The minimum atomic E-state index is 0.800. The molecule has 0 radical (unpaired) electrons. The molecule has 2 aromatic rings. The van der Waals surface area contributed by atoms with Crippen LogP contribution in [-0.4, -0.2) is 36.6 Å². The maximum Gasteiger partial charge on any atom is 0.0705 e. The van der Waals surface area contributed by atoms with Crippen molar-refractivity contribution in [3.8, 4) is 0 Å². The van der Waals surface area contributed by atoms with Crippen molar-refractivity contribution in [1.29, 1.82) is 0 Å². The Kier molecular flexibility index (Phi) is 4.51. The van der Waals surface area contributed by atoms with E-state index in [1.54, 1.807) is 0 Å². The Labute approximate surface area is 127 Å². The van der Waals surface area contributed by atoms with Crippen molar-refractivity contribution in [2.24, 2.45) is 5.92 Å². The highest BCUT2D eigenvalue weighted by molar-refractivity contribution is 5.79.